The van der Waals surface area contributed by atoms with Crippen LogP contribution in [0.2, 0.25) is 0 Å². The Hall–Kier alpha value is -1.84. The molecule has 0 saturated heterocycles. The zero-order valence-electron chi connectivity index (χ0n) is 8.90. The highest BCUT2D eigenvalue weighted by molar-refractivity contribution is 5.96. The lowest BCUT2D eigenvalue weighted by Gasteiger charge is -2.00. The van der Waals surface area contributed by atoms with Crippen molar-refractivity contribution in [3.63, 3.8) is 0 Å². The molecule has 2 rings (SSSR count). The van der Waals surface area contributed by atoms with Crippen LogP contribution in [0.4, 0.5) is 0 Å². The van der Waals surface area contributed by atoms with Crippen molar-refractivity contribution < 1.29 is 9.90 Å². The third kappa shape index (κ3) is 1.29. The molecule has 0 spiro atoms. The minimum absolute atomic E-state index is 0.320. The van der Waals surface area contributed by atoms with Gasteiger partial charge >= 0.3 is 5.97 Å². The number of benzene rings is 1. The first-order valence-electron chi connectivity index (χ1n) is 4.68. The van der Waals surface area contributed by atoms with Crippen LogP contribution in [0.25, 0.3) is 10.9 Å². The van der Waals surface area contributed by atoms with Crippen molar-refractivity contribution in [3.8, 4) is 0 Å². The highest BCUT2D eigenvalue weighted by atomic mass is 16.4. The third-order valence-corrected chi connectivity index (χ3v) is 2.79. The number of aryl methyl sites for hydroxylation is 3. The Morgan fingerprint density at radius 2 is 2.07 bits per heavy atom. The first kappa shape index (κ1) is 9.71. The summed E-state index contributed by atoms with van der Waals surface area (Å²) >= 11 is 0. The first-order valence-corrected chi connectivity index (χ1v) is 4.68. The molecule has 15 heavy (non-hydrogen) atoms. The fourth-order valence-electron chi connectivity index (χ4n) is 1.75. The van der Waals surface area contributed by atoms with Crippen LogP contribution in [0.3, 0.4) is 0 Å². The normalized spacial score (nSPS) is 10.9. The molecule has 4 heteroatoms. The fraction of sp³-hybridized carbons (Fsp3) is 0.273. The molecular formula is C11H12N2O2. The van der Waals surface area contributed by atoms with Gasteiger partial charge in [-0.15, -0.1) is 0 Å². The molecule has 4 nitrogen and oxygen atoms in total. The maximum absolute atomic E-state index is 10.9. The van der Waals surface area contributed by atoms with E-state index >= 15 is 0 Å². The Morgan fingerprint density at radius 3 is 2.67 bits per heavy atom. The summed E-state index contributed by atoms with van der Waals surface area (Å²) in [5.41, 5.74) is 2.87. The Morgan fingerprint density at radius 1 is 1.40 bits per heavy atom. The highest BCUT2D eigenvalue weighted by Crippen LogP contribution is 2.23. The number of hydrogen-bond acceptors (Lipinski definition) is 2. The lowest BCUT2D eigenvalue weighted by atomic mass is 10.0. The van der Waals surface area contributed by atoms with Crippen molar-refractivity contribution in [3.05, 3.63) is 29.0 Å². The fourth-order valence-corrected chi connectivity index (χ4v) is 1.75. The number of aromatic nitrogens is 2. The van der Waals surface area contributed by atoms with Crippen LogP contribution < -0.4 is 0 Å². The molecule has 1 heterocycles. The molecular weight excluding hydrogens is 192 g/mol. The molecule has 0 fully saturated rings. The lowest BCUT2D eigenvalue weighted by molar-refractivity contribution is 0.0696. The number of fused-ring (bicyclic) bond motifs is 1. The number of nitrogens with zero attached hydrogens (tertiary/aromatic N) is 2. The predicted molar refractivity (Wildman–Crippen MR) is 57.1 cm³/mol. The van der Waals surface area contributed by atoms with Crippen molar-refractivity contribution in [1.29, 1.82) is 0 Å². The standard InChI is InChI=1S/C11H12N2O2/c1-6-8(11(14)15)4-5-9-7(2)13(3)12-10(6)9/h4-5H,1-3H3,(H,14,15). The summed E-state index contributed by atoms with van der Waals surface area (Å²) < 4.78 is 1.77. The molecule has 0 aliphatic heterocycles. The third-order valence-electron chi connectivity index (χ3n) is 2.79. The Labute approximate surface area is 87.1 Å². The zero-order valence-corrected chi connectivity index (χ0v) is 8.90. The van der Waals surface area contributed by atoms with Crippen molar-refractivity contribution in [1.82, 2.24) is 9.78 Å². The monoisotopic (exact) mass is 204 g/mol. The van der Waals surface area contributed by atoms with E-state index in [0.29, 0.717) is 5.56 Å². The number of carboxylic acid groups (broad SMARTS) is 1. The number of hydrogen-bond donors (Lipinski definition) is 1. The molecule has 1 N–H and O–H groups in total. The van der Waals surface area contributed by atoms with E-state index in [0.717, 1.165) is 22.2 Å². The van der Waals surface area contributed by atoms with Crippen LogP contribution in [-0.4, -0.2) is 20.9 Å². The van der Waals surface area contributed by atoms with Crippen LogP contribution >= 0.6 is 0 Å². The van der Waals surface area contributed by atoms with Gasteiger partial charge in [-0.05, 0) is 25.5 Å². The molecule has 0 aliphatic carbocycles. The molecule has 1 aromatic heterocycles. The second kappa shape index (κ2) is 3.08. The summed E-state index contributed by atoms with van der Waals surface area (Å²) in [6.45, 7) is 3.76. The van der Waals surface area contributed by atoms with Gasteiger partial charge in [-0.1, -0.05) is 6.07 Å². The number of rotatable bonds is 1. The molecule has 0 saturated carbocycles. The Bertz CT molecular complexity index is 555. The van der Waals surface area contributed by atoms with Crippen molar-refractivity contribution in [2.75, 3.05) is 0 Å². The molecule has 0 unspecified atom stereocenters. The van der Waals surface area contributed by atoms with Gasteiger partial charge in [0.1, 0.15) is 0 Å². The molecule has 0 amide bonds. The largest absolute Gasteiger partial charge is 0.478 e. The average molecular weight is 204 g/mol. The van der Waals surface area contributed by atoms with Crippen molar-refractivity contribution in [2.45, 2.75) is 13.8 Å². The second-order valence-corrected chi connectivity index (χ2v) is 3.65. The summed E-state index contributed by atoms with van der Waals surface area (Å²) in [7, 11) is 1.86. The first-order chi connectivity index (χ1) is 7.02. The summed E-state index contributed by atoms with van der Waals surface area (Å²) in [5.74, 6) is -0.905. The molecule has 0 bridgehead atoms. The van der Waals surface area contributed by atoms with Gasteiger partial charge < -0.3 is 5.11 Å². The number of carboxylic acids is 1. The van der Waals surface area contributed by atoms with Crippen LogP contribution in [0.5, 0.6) is 0 Å². The Balaban J connectivity index is 2.85. The second-order valence-electron chi connectivity index (χ2n) is 3.65. The van der Waals surface area contributed by atoms with E-state index in [4.69, 9.17) is 5.11 Å². The van der Waals surface area contributed by atoms with E-state index in [1.165, 1.54) is 0 Å². The molecule has 0 aliphatic rings. The van der Waals surface area contributed by atoms with Gasteiger partial charge in [-0.25, -0.2) is 4.79 Å². The van der Waals surface area contributed by atoms with E-state index in [1.807, 2.05) is 20.0 Å². The van der Waals surface area contributed by atoms with E-state index in [2.05, 4.69) is 5.10 Å². The van der Waals surface area contributed by atoms with Crippen LogP contribution in [-0.2, 0) is 7.05 Å². The summed E-state index contributed by atoms with van der Waals surface area (Å²) in [6.07, 6.45) is 0. The van der Waals surface area contributed by atoms with E-state index in [1.54, 1.807) is 17.7 Å². The molecule has 1 aromatic carbocycles. The lowest BCUT2D eigenvalue weighted by Crippen LogP contribution is -1.99. The number of aromatic carboxylic acids is 1. The van der Waals surface area contributed by atoms with Gasteiger partial charge in [0.05, 0.1) is 11.1 Å². The highest BCUT2D eigenvalue weighted by Gasteiger charge is 2.13. The SMILES string of the molecule is Cc1c(C(=O)O)ccc2c(C)n(C)nc12. The maximum Gasteiger partial charge on any atom is 0.336 e. The van der Waals surface area contributed by atoms with Gasteiger partial charge in [-0.3, -0.25) is 4.68 Å². The quantitative estimate of drug-likeness (QED) is 0.771. The van der Waals surface area contributed by atoms with E-state index in [-0.39, 0.29) is 0 Å². The minimum atomic E-state index is -0.905. The van der Waals surface area contributed by atoms with E-state index < -0.39 is 5.97 Å². The van der Waals surface area contributed by atoms with Gasteiger partial charge in [-0.2, -0.15) is 5.10 Å². The smallest absolute Gasteiger partial charge is 0.336 e. The van der Waals surface area contributed by atoms with Crippen molar-refractivity contribution >= 4 is 16.9 Å². The minimum Gasteiger partial charge on any atom is -0.478 e. The number of carbonyl (C=O) groups is 1. The van der Waals surface area contributed by atoms with Gasteiger partial charge in [0.15, 0.2) is 0 Å². The van der Waals surface area contributed by atoms with Crippen LogP contribution in [0, 0.1) is 13.8 Å². The van der Waals surface area contributed by atoms with Crippen molar-refractivity contribution in [2.24, 2.45) is 7.05 Å². The summed E-state index contributed by atoms with van der Waals surface area (Å²) in [5, 5.41) is 14.3. The molecule has 78 valence electrons. The summed E-state index contributed by atoms with van der Waals surface area (Å²) in [4.78, 5) is 10.9. The van der Waals surface area contributed by atoms with Crippen LogP contribution in [0.1, 0.15) is 21.6 Å². The maximum atomic E-state index is 10.9. The predicted octanol–water partition coefficient (Wildman–Crippen LogP) is 1.89. The topological polar surface area (TPSA) is 55.1 Å². The van der Waals surface area contributed by atoms with Gasteiger partial charge in [0.2, 0.25) is 0 Å². The van der Waals surface area contributed by atoms with Gasteiger partial charge in [0, 0.05) is 18.1 Å². The van der Waals surface area contributed by atoms with Gasteiger partial charge in [0.25, 0.3) is 0 Å². The summed E-state index contributed by atoms with van der Waals surface area (Å²) in [6, 6.07) is 3.45. The zero-order chi connectivity index (χ0) is 11.2. The van der Waals surface area contributed by atoms with Crippen LogP contribution in [0.15, 0.2) is 12.1 Å². The molecule has 0 radical (unpaired) electrons. The Kier molecular flexibility index (Phi) is 2.00. The van der Waals surface area contributed by atoms with E-state index in [9.17, 15) is 4.79 Å². The molecule has 2 aromatic rings. The average Bonchev–Trinajstić information content (AvgIpc) is 2.45. The molecule has 0 atom stereocenters.